The van der Waals surface area contributed by atoms with Crippen molar-refractivity contribution in [3.63, 3.8) is 0 Å². The number of morpholine rings is 1. The van der Waals surface area contributed by atoms with Gasteiger partial charge in [0.15, 0.2) is 6.04 Å². The highest BCUT2D eigenvalue weighted by Crippen LogP contribution is 2.24. The van der Waals surface area contributed by atoms with Gasteiger partial charge in [-0.3, -0.25) is 9.69 Å². The van der Waals surface area contributed by atoms with E-state index in [0.717, 1.165) is 5.56 Å². The van der Waals surface area contributed by atoms with Crippen LogP contribution in [0.25, 0.3) is 0 Å². The number of hydrogen-bond acceptors (Lipinski definition) is 7. The topological polar surface area (TPSA) is 120 Å². The molecule has 1 aromatic rings. The lowest BCUT2D eigenvalue weighted by Crippen LogP contribution is -2.53. The predicted octanol–water partition coefficient (Wildman–Crippen LogP) is 2.40. The molecule has 33 heavy (non-hydrogen) atoms. The van der Waals surface area contributed by atoms with Crippen LogP contribution < -0.4 is 11.1 Å². The second-order valence-electron chi connectivity index (χ2n) is 9.60. The quantitative estimate of drug-likeness (QED) is 0.568. The van der Waals surface area contributed by atoms with Crippen LogP contribution in [0.1, 0.15) is 52.6 Å². The fraction of sp³-hybridized carbons (Fsp3) is 0.625. The third-order valence-corrected chi connectivity index (χ3v) is 4.99. The Morgan fingerprint density at radius 3 is 2.48 bits per heavy atom. The van der Waals surface area contributed by atoms with E-state index in [1.165, 1.54) is 0 Å². The minimum atomic E-state index is -1.17. The molecule has 0 saturated carbocycles. The number of hydrogen-bond donors (Lipinski definition) is 2. The molecule has 0 bridgehead atoms. The minimum Gasteiger partial charge on any atom is -0.458 e. The van der Waals surface area contributed by atoms with E-state index in [1.807, 2.05) is 44.2 Å². The molecule has 3 atom stereocenters. The van der Waals surface area contributed by atoms with Gasteiger partial charge < -0.3 is 25.3 Å². The van der Waals surface area contributed by atoms with Crippen LogP contribution in [0.3, 0.4) is 0 Å². The summed E-state index contributed by atoms with van der Waals surface area (Å²) in [6, 6.07) is 7.25. The van der Waals surface area contributed by atoms with Crippen molar-refractivity contribution in [1.82, 2.24) is 10.2 Å². The zero-order chi connectivity index (χ0) is 24.6. The molecule has 1 unspecified atom stereocenters. The first kappa shape index (κ1) is 26.6. The molecule has 2 rings (SSSR count). The Morgan fingerprint density at radius 1 is 1.21 bits per heavy atom. The van der Waals surface area contributed by atoms with Crippen molar-refractivity contribution in [3.8, 4) is 0 Å². The molecule has 0 spiro atoms. The van der Waals surface area contributed by atoms with Crippen molar-refractivity contribution < 1.29 is 28.6 Å². The summed E-state index contributed by atoms with van der Waals surface area (Å²) in [6.07, 6.45) is -0.138. The molecule has 9 nitrogen and oxygen atoms in total. The van der Waals surface area contributed by atoms with Gasteiger partial charge in [-0.1, -0.05) is 44.2 Å². The van der Waals surface area contributed by atoms with E-state index < -0.39 is 35.7 Å². The Balaban J connectivity index is 2.08. The Kier molecular flexibility index (Phi) is 9.67. The van der Waals surface area contributed by atoms with Crippen LogP contribution in [0, 0.1) is 5.92 Å². The van der Waals surface area contributed by atoms with Gasteiger partial charge in [0.1, 0.15) is 12.2 Å². The largest absolute Gasteiger partial charge is 0.458 e. The van der Waals surface area contributed by atoms with Crippen LogP contribution in [0.2, 0.25) is 0 Å². The molecule has 0 aliphatic carbocycles. The van der Waals surface area contributed by atoms with Gasteiger partial charge in [0.25, 0.3) is 0 Å². The fourth-order valence-electron chi connectivity index (χ4n) is 3.45. The average Bonchev–Trinajstić information content (AvgIpc) is 2.75. The second kappa shape index (κ2) is 12.0. The van der Waals surface area contributed by atoms with Crippen molar-refractivity contribution in [3.05, 3.63) is 35.9 Å². The van der Waals surface area contributed by atoms with E-state index in [4.69, 9.17) is 19.9 Å². The minimum absolute atomic E-state index is 0.208. The highest BCUT2D eigenvalue weighted by Gasteiger charge is 2.33. The van der Waals surface area contributed by atoms with Crippen molar-refractivity contribution in [2.24, 2.45) is 11.7 Å². The molecular formula is C24H37N3O6. The molecule has 2 amide bonds. The summed E-state index contributed by atoms with van der Waals surface area (Å²) in [5.74, 6) is -0.981. The molecule has 1 aromatic carbocycles. The van der Waals surface area contributed by atoms with Gasteiger partial charge in [-0.05, 0) is 38.7 Å². The number of esters is 1. The van der Waals surface area contributed by atoms with Gasteiger partial charge in [0.05, 0.1) is 25.3 Å². The molecule has 3 N–H and O–H groups in total. The van der Waals surface area contributed by atoms with Crippen LogP contribution in [0.15, 0.2) is 30.3 Å². The average molecular weight is 464 g/mol. The monoisotopic (exact) mass is 463 g/mol. The number of benzene rings is 1. The van der Waals surface area contributed by atoms with Gasteiger partial charge in [0.2, 0.25) is 5.91 Å². The van der Waals surface area contributed by atoms with Crippen molar-refractivity contribution in [2.75, 3.05) is 26.4 Å². The molecular weight excluding hydrogens is 426 g/mol. The maximum absolute atomic E-state index is 12.9. The van der Waals surface area contributed by atoms with E-state index >= 15 is 0 Å². The van der Waals surface area contributed by atoms with Gasteiger partial charge in [-0.25, -0.2) is 9.59 Å². The summed E-state index contributed by atoms with van der Waals surface area (Å²) >= 11 is 0. The summed E-state index contributed by atoms with van der Waals surface area (Å²) in [5.41, 5.74) is 6.11. The smallest absolute Gasteiger partial charge is 0.410 e. The summed E-state index contributed by atoms with van der Waals surface area (Å²) in [6.45, 7) is 9.77. The first-order chi connectivity index (χ1) is 15.5. The SMILES string of the molecule is CC(C)C[C@H](N)C(=O)N[C@@H](COC(=O)N1CCOCC1c1ccccc1)C(=O)OC(C)(C)C. The first-order valence-corrected chi connectivity index (χ1v) is 11.3. The number of rotatable bonds is 8. The van der Waals surface area contributed by atoms with Gasteiger partial charge >= 0.3 is 12.1 Å². The van der Waals surface area contributed by atoms with E-state index in [1.54, 1.807) is 25.7 Å². The fourth-order valence-corrected chi connectivity index (χ4v) is 3.45. The third-order valence-electron chi connectivity index (χ3n) is 4.99. The molecule has 1 saturated heterocycles. The number of carbonyl (C=O) groups excluding carboxylic acids is 3. The Hall–Kier alpha value is -2.65. The van der Waals surface area contributed by atoms with Crippen LogP contribution in [-0.2, 0) is 23.8 Å². The molecule has 184 valence electrons. The molecule has 0 radical (unpaired) electrons. The number of carbonyl (C=O) groups is 3. The van der Waals surface area contributed by atoms with E-state index in [9.17, 15) is 14.4 Å². The van der Waals surface area contributed by atoms with Crippen molar-refractivity contribution in [2.45, 2.75) is 64.8 Å². The number of nitrogens with zero attached hydrogens (tertiary/aromatic N) is 1. The Morgan fingerprint density at radius 2 is 1.88 bits per heavy atom. The molecule has 1 heterocycles. The Bertz CT molecular complexity index is 793. The second-order valence-corrected chi connectivity index (χ2v) is 9.60. The molecule has 1 fully saturated rings. The van der Waals surface area contributed by atoms with E-state index in [2.05, 4.69) is 5.32 Å². The predicted molar refractivity (Wildman–Crippen MR) is 123 cm³/mol. The van der Waals surface area contributed by atoms with Crippen LogP contribution in [0.4, 0.5) is 4.79 Å². The zero-order valence-electron chi connectivity index (χ0n) is 20.2. The maximum atomic E-state index is 12.9. The van der Waals surface area contributed by atoms with Crippen LogP contribution >= 0.6 is 0 Å². The van der Waals surface area contributed by atoms with Gasteiger partial charge in [0, 0.05) is 6.54 Å². The lowest BCUT2D eigenvalue weighted by Gasteiger charge is -2.35. The van der Waals surface area contributed by atoms with Crippen molar-refractivity contribution in [1.29, 1.82) is 0 Å². The van der Waals surface area contributed by atoms with Gasteiger partial charge in [-0.2, -0.15) is 0 Å². The summed E-state index contributed by atoms with van der Waals surface area (Å²) < 4.78 is 16.4. The summed E-state index contributed by atoms with van der Waals surface area (Å²) in [5, 5.41) is 2.59. The third kappa shape index (κ3) is 8.66. The lowest BCUT2D eigenvalue weighted by atomic mass is 10.0. The molecule has 1 aliphatic heterocycles. The number of amides is 2. The lowest BCUT2D eigenvalue weighted by molar-refractivity contribution is -0.160. The van der Waals surface area contributed by atoms with E-state index in [0.29, 0.717) is 26.2 Å². The van der Waals surface area contributed by atoms with Crippen LogP contribution in [-0.4, -0.2) is 66.9 Å². The maximum Gasteiger partial charge on any atom is 0.410 e. The number of nitrogens with one attached hydrogen (secondary N) is 1. The van der Waals surface area contributed by atoms with Gasteiger partial charge in [-0.15, -0.1) is 0 Å². The van der Waals surface area contributed by atoms with Crippen molar-refractivity contribution >= 4 is 18.0 Å². The molecule has 0 aromatic heterocycles. The number of nitrogens with two attached hydrogens (primary N) is 1. The Labute approximate surface area is 195 Å². The van der Waals surface area contributed by atoms with Crippen LogP contribution in [0.5, 0.6) is 0 Å². The normalized spacial score (nSPS) is 18.4. The van der Waals surface area contributed by atoms with E-state index in [-0.39, 0.29) is 18.6 Å². The zero-order valence-corrected chi connectivity index (χ0v) is 20.2. The number of ether oxygens (including phenoxy) is 3. The summed E-state index contributed by atoms with van der Waals surface area (Å²) in [7, 11) is 0. The standard InChI is InChI=1S/C24H37N3O6/c1-16(2)13-18(25)21(28)26-19(22(29)33-24(3,4)5)14-32-23(30)27-11-12-31-15-20(27)17-9-7-6-8-10-17/h6-10,16,18-20H,11-15,25H2,1-5H3,(H,26,28)/t18-,19-,20?/m0/s1. The highest BCUT2D eigenvalue weighted by molar-refractivity contribution is 5.87. The summed E-state index contributed by atoms with van der Waals surface area (Å²) in [4.78, 5) is 39.7. The molecule has 1 aliphatic rings. The molecule has 9 heteroatoms. The highest BCUT2D eigenvalue weighted by atomic mass is 16.6. The first-order valence-electron chi connectivity index (χ1n) is 11.3.